The molecule has 0 aliphatic heterocycles. The van der Waals surface area contributed by atoms with E-state index < -0.39 is 11.2 Å². The van der Waals surface area contributed by atoms with Crippen molar-refractivity contribution in [3.05, 3.63) is 0 Å². The van der Waals surface area contributed by atoms with Gasteiger partial charge in [-0.3, -0.25) is 0 Å². The summed E-state index contributed by atoms with van der Waals surface area (Å²) in [6.45, 7) is 8.78. The number of aliphatic hydroxyl groups is 3. The number of fused-ring (bicyclic) bond motifs is 5. The van der Waals surface area contributed by atoms with E-state index in [4.69, 9.17) is 0 Å². The Morgan fingerprint density at radius 2 is 1.22 bits per heavy atom. The summed E-state index contributed by atoms with van der Waals surface area (Å²) in [5.74, 6) is 1.04. The zero-order valence-corrected chi connectivity index (χ0v) is 15.2. The number of rotatable bonds is 0. The fourth-order valence-corrected chi connectivity index (χ4v) is 7.81. The van der Waals surface area contributed by atoms with E-state index >= 15 is 0 Å². The van der Waals surface area contributed by atoms with Gasteiger partial charge in [-0.15, -0.1) is 0 Å². The predicted molar refractivity (Wildman–Crippen MR) is 89.8 cm³/mol. The van der Waals surface area contributed by atoms with E-state index in [2.05, 4.69) is 20.8 Å². The van der Waals surface area contributed by atoms with Crippen molar-refractivity contribution in [2.75, 3.05) is 0 Å². The molecule has 4 saturated carbocycles. The Morgan fingerprint density at radius 1 is 0.652 bits per heavy atom. The van der Waals surface area contributed by atoms with Crippen LogP contribution < -0.4 is 0 Å². The Bertz CT molecular complexity index is 531. The smallest absolute Gasteiger partial charge is 0.0986 e. The zero-order valence-electron chi connectivity index (χ0n) is 15.2. The van der Waals surface area contributed by atoms with Gasteiger partial charge in [-0.2, -0.15) is 0 Å². The third kappa shape index (κ3) is 1.58. The molecule has 0 heterocycles. The van der Waals surface area contributed by atoms with Crippen LogP contribution in [0.25, 0.3) is 0 Å². The summed E-state index contributed by atoms with van der Waals surface area (Å²) in [5.41, 5.74) is -1.88. The topological polar surface area (TPSA) is 60.7 Å². The van der Waals surface area contributed by atoms with Crippen LogP contribution in [0.4, 0.5) is 0 Å². The average molecular weight is 322 g/mol. The second-order valence-corrected chi connectivity index (χ2v) is 10.2. The van der Waals surface area contributed by atoms with Crippen molar-refractivity contribution in [2.24, 2.45) is 28.1 Å². The molecule has 3 nitrogen and oxygen atoms in total. The molecule has 3 heteroatoms. The van der Waals surface area contributed by atoms with Crippen molar-refractivity contribution in [1.29, 1.82) is 0 Å². The summed E-state index contributed by atoms with van der Waals surface area (Å²) >= 11 is 0. The minimum atomic E-state index is -0.955. The Hall–Kier alpha value is -0.120. The number of aliphatic hydroxyl groups excluding tert-OH is 1. The Kier molecular flexibility index (Phi) is 3.09. The van der Waals surface area contributed by atoms with E-state index in [9.17, 15) is 15.3 Å². The van der Waals surface area contributed by atoms with Crippen LogP contribution in [-0.4, -0.2) is 32.6 Å². The lowest BCUT2D eigenvalue weighted by molar-refractivity contribution is -0.241. The summed E-state index contributed by atoms with van der Waals surface area (Å²) in [7, 11) is 0. The van der Waals surface area contributed by atoms with Crippen molar-refractivity contribution in [3.63, 3.8) is 0 Å². The highest BCUT2D eigenvalue weighted by Gasteiger charge is 2.72. The first-order chi connectivity index (χ1) is 10.5. The van der Waals surface area contributed by atoms with Gasteiger partial charge >= 0.3 is 0 Å². The molecule has 132 valence electrons. The quantitative estimate of drug-likeness (QED) is 0.641. The molecule has 4 fully saturated rings. The van der Waals surface area contributed by atoms with E-state index in [0.29, 0.717) is 24.7 Å². The Morgan fingerprint density at radius 3 is 1.91 bits per heavy atom. The second kappa shape index (κ2) is 4.34. The molecule has 4 rings (SSSR count). The van der Waals surface area contributed by atoms with Crippen LogP contribution in [0.2, 0.25) is 0 Å². The Labute approximate surface area is 140 Å². The molecule has 0 amide bonds. The second-order valence-electron chi connectivity index (χ2n) is 10.2. The first-order valence-corrected chi connectivity index (χ1v) is 9.65. The monoisotopic (exact) mass is 322 g/mol. The van der Waals surface area contributed by atoms with Crippen LogP contribution in [0.15, 0.2) is 0 Å². The molecular formula is C20H34O3. The van der Waals surface area contributed by atoms with Gasteiger partial charge in [-0.25, -0.2) is 0 Å². The summed E-state index contributed by atoms with van der Waals surface area (Å²) in [5, 5.41) is 33.0. The van der Waals surface area contributed by atoms with Gasteiger partial charge in [-0.05, 0) is 81.0 Å². The van der Waals surface area contributed by atoms with Gasteiger partial charge in [0.1, 0.15) is 0 Å². The van der Waals surface area contributed by atoms with Crippen molar-refractivity contribution < 1.29 is 15.3 Å². The molecule has 0 bridgehead atoms. The molecule has 4 aliphatic rings. The lowest BCUT2D eigenvalue weighted by atomic mass is 9.42. The van der Waals surface area contributed by atoms with Crippen molar-refractivity contribution in [3.8, 4) is 0 Å². The van der Waals surface area contributed by atoms with Gasteiger partial charge in [-0.1, -0.05) is 20.8 Å². The van der Waals surface area contributed by atoms with E-state index in [-0.39, 0.29) is 22.3 Å². The van der Waals surface area contributed by atoms with Gasteiger partial charge < -0.3 is 15.3 Å². The van der Waals surface area contributed by atoms with Crippen LogP contribution >= 0.6 is 0 Å². The van der Waals surface area contributed by atoms with E-state index in [1.165, 1.54) is 0 Å². The standard InChI is InChI=1S/C20H34O3/c1-16-9-7-15(21)18(16,3)8-5-14-13(16)6-10-20(23)17(14,2)11-12-19(20,4)22/h13-15,21-23H,5-12H2,1-4H3/t13-,14+,15+,16+,17-,18-,19-,20+/m0/s1. The fourth-order valence-electron chi connectivity index (χ4n) is 7.81. The van der Waals surface area contributed by atoms with Gasteiger partial charge in [0, 0.05) is 5.41 Å². The van der Waals surface area contributed by atoms with Crippen LogP contribution in [-0.2, 0) is 0 Å². The third-order valence-corrected chi connectivity index (χ3v) is 9.86. The fraction of sp³-hybridized carbons (Fsp3) is 1.00. The van der Waals surface area contributed by atoms with Crippen LogP contribution in [0.1, 0.15) is 79.1 Å². The normalized spacial score (nSPS) is 65.1. The highest BCUT2D eigenvalue weighted by molar-refractivity contribution is 5.22. The largest absolute Gasteiger partial charge is 0.393 e. The first kappa shape index (κ1) is 16.4. The number of hydrogen-bond donors (Lipinski definition) is 3. The predicted octanol–water partition coefficient (Wildman–Crippen LogP) is 3.26. The summed E-state index contributed by atoms with van der Waals surface area (Å²) in [6.07, 6.45) is 7.33. The van der Waals surface area contributed by atoms with Crippen molar-refractivity contribution in [1.82, 2.24) is 0 Å². The van der Waals surface area contributed by atoms with Crippen LogP contribution in [0.3, 0.4) is 0 Å². The molecule has 0 aromatic carbocycles. The molecule has 0 unspecified atom stereocenters. The zero-order chi connectivity index (χ0) is 16.9. The number of hydrogen-bond acceptors (Lipinski definition) is 3. The van der Waals surface area contributed by atoms with Crippen molar-refractivity contribution >= 4 is 0 Å². The van der Waals surface area contributed by atoms with Gasteiger partial charge in [0.15, 0.2) is 0 Å². The lowest BCUT2D eigenvalue weighted by Crippen LogP contribution is -2.65. The summed E-state index contributed by atoms with van der Waals surface area (Å²) in [4.78, 5) is 0. The third-order valence-electron chi connectivity index (χ3n) is 9.86. The molecule has 0 saturated heterocycles. The van der Waals surface area contributed by atoms with E-state index in [1.807, 2.05) is 6.92 Å². The van der Waals surface area contributed by atoms with Gasteiger partial charge in [0.25, 0.3) is 0 Å². The van der Waals surface area contributed by atoms with Crippen molar-refractivity contribution in [2.45, 2.75) is 96.4 Å². The maximum absolute atomic E-state index is 11.5. The minimum Gasteiger partial charge on any atom is -0.393 e. The molecule has 0 aromatic heterocycles. The van der Waals surface area contributed by atoms with Crippen LogP contribution in [0.5, 0.6) is 0 Å². The van der Waals surface area contributed by atoms with Crippen LogP contribution in [0, 0.1) is 28.1 Å². The maximum atomic E-state index is 11.5. The highest BCUT2D eigenvalue weighted by Crippen LogP contribution is 2.73. The molecule has 0 aromatic rings. The summed E-state index contributed by atoms with van der Waals surface area (Å²) < 4.78 is 0. The molecule has 0 spiro atoms. The van der Waals surface area contributed by atoms with E-state index in [0.717, 1.165) is 38.5 Å². The lowest BCUT2D eigenvalue weighted by Gasteiger charge is -2.64. The summed E-state index contributed by atoms with van der Waals surface area (Å²) in [6, 6.07) is 0. The maximum Gasteiger partial charge on any atom is 0.0986 e. The van der Waals surface area contributed by atoms with Gasteiger partial charge in [0.2, 0.25) is 0 Å². The molecule has 23 heavy (non-hydrogen) atoms. The van der Waals surface area contributed by atoms with E-state index in [1.54, 1.807) is 0 Å². The Balaban J connectivity index is 1.76. The first-order valence-electron chi connectivity index (χ1n) is 9.65. The molecular weight excluding hydrogens is 288 g/mol. The molecule has 0 radical (unpaired) electrons. The molecule has 4 aliphatic carbocycles. The molecule has 3 N–H and O–H groups in total. The average Bonchev–Trinajstić information content (AvgIpc) is 2.83. The minimum absolute atomic E-state index is 0.0289. The molecule has 8 atom stereocenters. The van der Waals surface area contributed by atoms with Gasteiger partial charge in [0.05, 0.1) is 17.3 Å². The highest BCUT2D eigenvalue weighted by atomic mass is 16.4. The SMILES string of the molecule is C[C@]1(O)CC[C@@]2(C)[C@@H]3CC[C@@]4(C)[C@H](O)CC[C@]4(C)[C@H]3CC[C@]12O.